The largest absolute Gasteiger partial charge is 0.508 e. The number of hydrogen-bond donors (Lipinski definition) is 2. The molecule has 1 heterocycles. The summed E-state index contributed by atoms with van der Waals surface area (Å²) in [5.41, 5.74) is 2.60. The number of aliphatic hydroxyl groups excluding tert-OH is 1. The summed E-state index contributed by atoms with van der Waals surface area (Å²) in [7, 11) is 0. The lowest BCUT2D eigenvalue weighted by molar-refractivity contribution is -0.152. The van der Waals surface area contributed by atoms with E-state index in [4.69, 9.17) is 9.47 Å². The summed E-state index contributed by atoms with van der Waals surface area (Å²) in [6.07, 6.45) is 0.183. The Morgan fingerprint density at radius 1 is 1.27 bits per heavy atom. The Labute approximate surface area is 173 Å². The molecule has 1 aliphatic heterocycles. The summed E-state index contributed by atoms with van der Waals surface area (Å²) in [5.74, 6) is -2.37. The Hall–Kier alpha value is -3.19. The monoisotopic (exact) mass is 410 g/mol. The van der Waals surface area contributed by atoms with Gasteiger partial charge in [0.2, 0.25) is 0 Å². The fourth-order valence-corrected chi connectivity index (χ4v) is 4.63. The van der Waals surface area contributed by atoms with Crippen molar-refractivity contribution in [3.05, 3.63) is 64.8 Å². The van der Waals surface area contributed by atoms with Crippen molar-refractivity contribution < 1.29 is 34.1 Å². The van der Waals surface area contributed by atoms with Gasteiger partial charge in [-0.1, -0.05) is 24.3 Å². The van der Waals surface area contributed by atoms with Crippen molar-refractivity contribution in [1.82, 2.24) is 0 Å². The fraction of sp³-hybridized carbons (Fsp3) is 0.348. The predicted octanol–water partition coefficient (Wildman–Crippen LogP) is 1.78. The highest BCUT2D eigenvalue weighted by atomic mass is 16.6. The molecule has 7 heteroatoms. The first-order chi connectivity index (χ1) is 14.3. The molecule has 30 heavy (non-hydrogen) atoms. The highest BCUT2D eigenvalue weighted by Crippen LogP contribution is 2.48. The maximum Gasteiger partial charge on any atom is 0.334 e. The van der Waals surface area contributed by atoms with Crippen LogP contribution in [0.1, 0.15) is 18.9 Å². The number of fused-ring (bicyclic) bond motifs is 3. The van der Waals surface area contributed by atoms with Gasteiger partial charge in [-0.3, -0.25) is 9.59 Å². The van der Waals surface area contributed by atoms with E-state index in [0.29, 0.717) is 16.7 Å². The van der Waals surface area contributed by atoms with E-state index in [-0.39, 0.29) is 36.6 Å². The highest BCUT2D eigenvalue weighted by molar-refractivity contribution is 6.09. The number of carbonyl (C=O) groups is 3. The zero-order valence-electron chi connectivity index (χ0n) is 16.5. The van der Waals surface area contributed by atoms with Crippen molar-refractivity contribution in [2.75, 3.05) is 6.61 Å². The van der Waals surface area contributed by atoms with E-state index in [1.165, 1.54) is 18.2 Å². The van der Waals surface area contributed by atoms with Crippen LogP contribution in [0.15, 0.2) is 59.2 Å². The van der Waals surface area contributed by atoms with Gasteiger partial charge in [0, 0.05) is 23.5 Å². The van der Waals surface area contributed by atoms with Crippen LogP contribution in [0.25, 0.3) is 0 Å². The Kier molecular flexibility index (Phi) is 5.07. The van der Waals surface area contributed by atoms with Gasteiger partial charge < -0.3 is 19.7 Å². The molecule has 4 rings (SSSR count). The van der Waals surface area contributed by atoms with Crippen LogP contribution in [0.5, 0.6) is 5.75 Å². The molecule has 2 aliphatic carbocycles. The van der Waals surface area contributed by atoms with E-state index in [0.717, 1.165) is 5.57 Å². The quantitative estimate of drug-likeness (QED) is 0.575. The molecule has 7 nitrogen and oxygen atoms in total. The summed E-state index contributed by atoms with van der Waals surface area (Å²) >= 11 is 0. The lowest BCUT2D eigenvalue weighted by Crippen LogP contribution is -2.36. The minimum atomic E-state index is -0.756. The Morgan fingerprint density at radius 2 is 1.97 bits per heavy atom. The lowest BCUT2D eigenvalue weighted by atomic mass is 9.82. The Bertz CT molecular complexity index is 999. The van der Waals surface area contributed by atoms with Gasteiger partial charge in [-0.2, -0.15) is 0 Å². The molecule has 0 amide bonds. The molecular formula is C23H22O7. The van der Waals surface area contributed by atoms with Crippen molar-refractivity contribution in [3.8, 4) is 5.75 Å². The van der Waals surface area contributed by atoms with E-state index in [1.807, 2.05) is 0 Å². The molecule has 2 N–H and O–H groups in total. The number of aromatic hydroxyl groups is 1. The van der Waals surface area contributed by atoms with Gasteiger partial charge in [0.25, 0.3) is 0 Å². The molecule has 3 aliphatic rings. The number of rotatable bonds is 4. The number of esters is 2. The lowest BCUT2D eigenvalue weighted by Gasteiger charge is -2.28. The first-order valence-electron chi connectivity index (χ1n) is 9.72. The maximum atomic E-state index is 12.6. The van der Waals surface area contributed by atoms with Crippen LogP contribution < -0.4 is 0 Å². The molecule has 156 valence electrons. The molecule has 0 unspecified atom stereocenters. The third-order valence-corrected chi connectivity index (χ3v) is 6.00. The SMILES string of the molecule is C=C1C(=O)O[C@H]2[C@@H]3C(CO)=CC(=O)C3=C(C)C[C@@H](OC(=O)Cc3ccc(O)cc3)[C@H]12. The number of phenolic OH excluding ortho intramolecular Hbond substituents is 1. The molecular weight excluding hydrogens is 388 g/mol. The van der Waals surface area contributed by atoms with Crippen LogP contribution in [-0.4, -0.2) is 46.7 Å². The van der Waals surface area contributed by atoms with Crippen LogP contribution in [-0.2, 0) is 30.3 Å². The van der Waals surface area contributed by atoms with E-state index in [2.05, 4.69) is 6.58 Å². The third-order valence-electron chi connectivity index (χ3n) is 6.00. The van der Waals surface area contributed by atoms with Crippen LogP contribution in [0.3, 0.4) is 0 Å². The van der Waals surface area contributed by atoms with Gasteiger partial charge in [0.1, 0.15) is 18.0 Å². The fourth-order valence-electron chi connectivity index (χ4n) is 4.63. The summed E-state index contributed by atoms with van der Waals surface area (Å²) < 4.78 is 11.3. The molecule has 1 fully saturated rings. The summed E-state index contributed by atoms with van der Waals surface area (Å²) in [6.45, 7) is 5.31. The van der Waals surface area contributed by atoms with Gasteiger partial charge >= 0.3 is 11.9 Å². The van der Waals surface area contributed by atoms with Crippen molar-refractivity contribution in [2.45, 2.75) is 32.0 Å². The third kappa shape index (κ3) is 3.35. The molecule has 0 radical (unpaired) electrons. The Morgan fingerprint density at radius 3 is 2.63 bits per heavy atom. The average Bonchev–Trinajstić information content (AvgIpc) is 3.15. The number of aliphatic hydroxyl groups is 1. The van der Waals surface area contributed by atoms with Gasteiger partial charge in [0.15, 0.2) is 5.78 Å². The zero-order chi connectivity index (χ0) is 21.6. The van der Waals surface area contributed by atoms with Gasteiger partial charge in [-0.15, -0.1) is 0 Å². The molecule has 1 aromatic rings. The van der Waals surface area contributed by atoms with Gasteiger partial charge in [-0.25, -0.2) is 4.79 Å². The molecule has 0 saturated carbocycles. The number of ether oxygens (including phenoxy) is 2. The second-order valence-corrected chi connectivity index (χ2v) is 7.91. The van der Waals surface area contributed by atoms with Gasteiger partial charge in [0.05, 0.1) is 18.9 Å². The second kappa shape index (κ2) is 7.57. The van der Waals surface area contributed by atoms with Crippen molar-refractivity contribution >= 4 is 17.7 Å². The molecule has 0 spiro atoms. The Balaban J connectivity index is 1.63. The first-order valence-corrected chi connectivity index (χ1v) is 9.72. The molecule has 0 bridgehead atoms. The molecule has 4 atom stereocenters. The van der Waals surface area contributed by atoms with Crippen molar-refractivity contribution in [1.29, 1.82) is 0 Å². The van der Waals surface area contributed by atoms with E-state index in [1.54, 1.807) is 19.1 Å². The summed E-state index contributed by atoms with van der Waals surface area (Å²) in [5, 5.41) is 19.1. The smallest absolute Gasteiger partial charge is 0.334 e. The van der Waals surface area contributed by atoms with Crippen molar-refractivity contribution in [3.63, 3.8) is 0 Å². The molecule has 1 saturated heterocycles. The van der Waals surface area contributed by atoms with Crippen LogP contribution in [0.4, 0.5) is 0 Å². The van der Waals surface area contributed by atoms with Crippen molar-refractivity contribution in [2.24, 2.45) is 11.8 Å². The predicted molar refractivity (Wildman–Crippen MR) is 105 cm³/mol. The molecule has 1 aromatic carbocycles. The summed E-state index contributed by atoms with van der Waals surface area (Å²) in [4.78, 5) is 37.5. The molecule has 0 aromatic heterocycles. The second-order valence-electron chi connectivity index (χ2n) is 7.91. The van der Waals surface area contributed by atoms with Crippen LogP contribution in [0, 0.1) is 11.8 Å². The van der Waals surface area contributed by atoms with Crippen LogP contribution >= 0.6 is 0 Å². The van der Waals surface area contributed by atoms with Crippen LogP contribution in [0.2, 0.25) is 0 Å². The first kappa shape index (κ1) is 20.1. The number of allylic oxidation sites excluding steroid dienone is 1. The van der Waals surface area contributed by atoms with E-state index >= 15 is 0 Å². The number of phenols is 1. The van der Waals surface area contributed by atoms with Gasteiger partial charge in [-0.05, 0) is 36.3 Å². The number of carbonyl (C=O) groups excluding carboxylic acids is 3. The minimum Gasteiger partial charge on any atom is -0.508 e. The minimum absolute atomic E-state index is 0.00474. The maximum absolute atomic E-state index is 12.6. The topological polar surface area (TPSA) is 110 Å². The average molecular weight is 410 g/mol. The highest BCUT2D eigenvalue weighted by Gasteiger charge is 2.54. The zero-order valence-corrected chi connectivity index (χ0v) is 16.5. The van der Waals surface area contributed by atoms with E-state index in [9.17, 15) is 24.6 Å². The standard InChI is InChI=1S/C23H22O7/c1-11-7-17(29-18(27)8-13-3-5-15(25)6-4-13)20-12(2)23(28)30-22(20)21-14(10-24)9-16(26)19(11)21/h3-6,9,17,20-22,24-25H,2,7-8,10H2,1H3/t17-,20+,21-,22-/m1/s1. The number of hydrogen-bond acceptors (Lipinski definition) is 7. The number of benzene rings is 1. The van der Waals surface area contributed by atoms with E-state index < -0.39 is 36.0 Å². The number of ketones is 1. The normalized spacial score (nSPS) is 27.9. The summed E-state index contributed by atoms with van der Waals surface area (Å²) in [6, 6.07) is 6.23.